The minimum Gasteiger partial charge on any atom is -0.452 e. The molecule has 0 bridgehead atoms. The van der Waals surface area contributed by atoms with E-state index in [0.717, 1.165) is 78.4 Å². The molecule has 5 heterocycles. The predicted octanol–water partition coefficient (Wildman–Crippen LogP) is 25.4. The molecule has 0 N–H and O–H groups in total. The molecule has 0 radical (unpaired) electrons. The van der Waals surface area contributed by atoms with Crippen molar-refractivity contribution in [1.29, 1.82) is 0 Å². The maximum atomic E-state index is 9.74. The molecule has 0 fully saturated rings. The van der Waals surface area contributed by atoms with Crippen LogP contribution in [0.2, 0.25) is 0 Å². The zero-order valence-electron chi connectivity index (χ0n) is 70.6. The molecule has 2 aliphatic rings. The highest BCUT2D eigenvalue weighted by atomic mass is 16.3. The number of rotatable bonds is 7. The van der Waals surface area contributed by atoms with Crippen LogP contribution in [0.15, 0.2) is 283 Å². The van der Waals surface area contributed by atoms with E-state index in [9.17, 15) is 13.7 Å². The number of hydrogen-bond acceptors (Lipinski definition) is 3. The Kier molecular flexibility index (Phi) is 9.48. The minimum absolute atomic E-state index is 0.0522. The van der Waals surface area contributed by atoms with Crippen LogP contribution in [0, 0.1) is 0 Å². The topological polar surface area (TPSA) is 29.5 Å². The fourth-order valence-electron chi connectivity index (χ4n) is 14.7. The lowest BCUT2D eigenvalue weighted by Gasteiger charge is -2.46. The van der Waals surface area contributed by atoms with Crippen LogP contribution in [0.1, 0.15) is 124 Å². The van der Waals surface area contributed by atoms with Gasteiger partial charge in [-0.15, -0.1) is 0 Å². The van der Waals surface area contributed by atoms with Crippen LogP contribution >= 0.6 is 0 Å². The first kappa shape index (κ1) is 43.0. The third kappa shape index (κ3) is 8.97. The van der Waals surface area contributed by atoms with Gasteiger partial charge in [0.2, 0.25) is 0 Å². The normalized spacial score (nSPS) is 16.3. The van der Waals surface area contributed by atoms with Crippen molar-refractivity contribution in [2.24, 2.45) is 0 Å². The second-order valence-electron chi connectivity index (χ2n) is 28.6. The summed E-state index contributed by atoms with van der Waals surface area (Å²) in [5.41, 5.74) is 16.3. The van der Waals surface area contributed by atoms with Crippen LogP contribution < -0.4 is 9.80 Å². The molecule has 13 aromatic carbocycles. The smallest absolute Gasteiger partial charge is 0.159 e. The number of benzene rings is 13. The van der Waals surface area contributed by atoms with Crippen molar-refractivity contribution in [2.45, 2.75) is 84.5 Å². The molecule has 0 saturated carbocycles. The van der Waals surface area contributed by atoms with E-state index in [4.69, 9.17) is 12.6 Å². The number of hydrogen-bond donors (Lipinski definition) is 0. The molecular weight excluding hydrogens is 1170 g/mol. The van der Waals surface area contributed by atoms with E-state index >= 15 is 0 Å². The van der Waals surface area contributed by atoms with E-state index in [-0.39, 0.29) is 65.7 Å². The fraction of sp³-hybridized carbons (Fsp3) is 0.143. The zero-order chi connectivity index (χ0) is 79.0. The monoisotopic (exact) mass is 1250 g/mol. The lowest BCUT2D eigenvalue weighted by atomic mass is 9.73. The Morgan fingerprint density at radius 1 is 0.302 bits per heavy atom. The van der Waals surface area contributed by atoms with Gasteiger partial charge >= 0.3 is 0 Å². The van der Waals surface area contributed by atoms with Crippen molar-refractivity contribution >= 4 is 99.7 Å². The van der Waals surface area contributed by atoms with Crippen LogP contribution in [0.3, 0.4) is 0 Å². The number of fused-ring (bicyclic) bond motifs is 13. The molecule has 16 aromatic rings. The summed E-state index contributed by atoms with van der Waals surface area (Å²) in [5, 5.41) is 0.834. The van der Waals surface area contributed by atoms with E-state index in [1.165, 1.54) is 15.7 Å². The van der Waals surface area contributed by atoms with Gasteiger partial charge in [-0.3, -0.25) is 0 Å². The highest BCUT2D eigenvalue weighted by Gasteiger charge is 2.43. The van der Waals surface area contributed by atoms with E-state index in [1.807, 2.05) is 54.6 Å². The van der Waals surface area contributed by atoms with Gasteiger partial charge in [0, 0.05) is 55.2 Å². The molecule has 18 rings (SSSR count). The molecule has 0 aliphatic carbocycles. The molecule has 0 amide bonds. The standard InChI is InChI=1S/C91H74N4O/c1-89(2,3)62-47-61(48-63(52-62)90(4,5)6)58-42-44-73-81(51-58)93(66-49-59(56-26-12-10-13-27-56)46-60(50-66)57-28-14-11-15-29-57)83-53-64(91(7,8)9)54-84-86(83)85(73)74-45-43-65(92-75-36-20-16-30-67(75)68-31-17-21-37-76(68)92)55-82(74)95(84)80-41-25-35-72-71-34-24-40-79(87(71)96-88(72)80)94-77-38-22-18-32-69(77)70-33-19-23-39-78(70)94/h10-55,85H,1-9H3/i16D,17D,18D,19D,20D,21D,22D,23D,30D,31D,32D,33D,36D,37D,38D,39D. The maximum Gasteiger partial charge on any atom is 0.159 e. The fourth-order valence-corrected chi connectivity index (χ4v) is 14.7. The SMILES string of the molecule is [2H]c1c([2H])c([2H])c2c(c1[2H])c1c([2H])c([2H])c([2H])c([2H])c1n2-c1ccc2c(c1)N(c1cccc3c1oc1c(-n4c5c([2H])c([2H])c([2H])c([2H])c5c5c([2H])c([2H])c([2H])c([2H])c54)cccc13)c1cc(C(C)(C)C)cc3c1C2c1ccc(-c2cc(C(C)(C)C)cc(C(C)(C)C)c2)cc1N3c1cc(-c2ccccc2)cc(-c2ccccc2)c1. The number of para-hydroxylation sites is 6. The largest absolute Gasteiger partial charge is 0.452 e. The molecule has 1 atom stereocenters. The van der Waals surface area contributed by atoms with Gasteiger partial charge in [-0.1, -0.05) is 256 Å². The maximum absolute atomic E-state index is 9.74. The quantitative estimate of drug-likeness (QED) is 0.159. The molecule has 3 aromatic heterocycles. The van der Waals surface area contributed by atoms with Gasteiger partial charge in [0.15, 0.2) is 11.2 Å². The Morgan fingerprint density at radius 3 is 1.26 bits per heavy atom. The Balaban J connectivity index is 0.997. The van der Waals surface area contributed by atoms with E-state index in [0.29, 0.717) is 33.4 Å². The summed E-state index contributed by atoms with van der Waals surface area (Å²) in [5.74, 6) is -0.583. The van der Waals surface area contributed by atoms with Gasteiger partial charge in [0.25, 0.3) is 0 Å². The average Bonchev–Trinajstić information content (AvgIpc) is 1.11. The molecule has 2 aliphatic heterocycles. The Morgan fingerprint density at radius 2 is 0.740 bits per heavy atom. The number of furan rings is 1. The van der Waals surface area contributed by atoms with Gasteiger partial charge in [-0.05, 0) is 162 Å². The second kappa shape index (κ2) is 21.2. The summed E-state index contributed by atoms with van der Waals surface area (Å²) in [6.07, 6.45) is 0. The summed E-state index contributed by atoms with van der Waals surface area (Å²) in [6, 6.07) is 54.5. The molecule has 0 saturated heterocycles. The van der Waals surface area contributed by atoms with Crippen LogP contribution in [-0.2, 0) is 16.2 Å². The second-order valence-corrected chi connectivity index (χ2v) is 28.6. The van der Waals surface area contributed by atoms with Gasteiger partial charge in [-0.2, -0.15) is 0 Å². The summed E-state index contributed by atoms with van der Waals surface area (Å²) >= 11 is 0. The van der Waals surface area contributed by atoms with Crippen molar-refractivity contribution in [3.63, 3.8) is 0 Å². The molecule has 464 valence electrons. The Bertz CT molecular complexity index is 6610. The molecule has 5 nitrogen and oxygen atoms in total. The third-order valence-corrected chi connectivity index (χ3v) is 19.6. The van der Waals surface area contributed by atoms with Gasteiger partial charge < -0.3 is 23.4 Å². The molecule has 96 heavy (non-hydrogen) atoms. The zero-order valence-corrected chi connectivity index (χ0v) is 54.6. The van der Waals surface area contributed by atoms with Crippen LogP contribution in [-0.4, -0.2) is 9.13 Å². The lowest BCUT2D eigenvalue weighted by Crippen LogP contribution is -2.30. The minimum atomic E-state index is -0.583. The first-order valence-corrected chi connectivity index (χ1v) is 32.6. The lowest BCUT2D eigenvalue weighted by molar-refractivity contribution is 0.569. The van der Waals surface area contributed by atoms with Gasteiger partial charge in [0.05, 0.1) is 78.1 Å². The summed E-state index contributed by atoms with van der Waals surface area (Å²) in [6.45, 7) is 20.0. The Hall–Kier alpha value is -11.1. The first-order valence-electron chi connectivity index (χ1n) is 40.6. The Labute approximate surface area is 583 Å². The van der Waals surface area contributed by atoms with Crippen LogP contribution in [0.5, 0.6) is 0 Å². The predicted molar refractivity (Wildman–Crippen MR) is 405 cm³/mol. The third-order valence-electron chi connectivity index (χ3n) is 19.6. The van der Waals surface area contributed by atoms with Crippen LogP contribution in [0.4, 0.5) is 34.1 Å². The molecule has 0 spiro atoms. The number of nitrogens with zero attached hydrogens (tertiary/aromatic N) is 4. The van der Waals surface area contributed by atoms with Crippen molar-refractivity contribution in [3.8, 4) is 44.8 Å². The molecule has 5 heteroatoms. The van der Waals surface area contributed by atoms with E-state index in [2.05, 4.69) is 187 Å². The van der Waals surface area contributed by atoms with Crippen molar-refractivity contribution < 1.29 is 26.3 Å². The summed E-state index contributed by atoms with van der Waals surface area (Å²) < 4.78 is 159. The number of anilines is 6. The summed E-state index contributed by atoms with van der Waals surface area (Å²) in [4.78, 5) is 4.57. The average molecular weight is 1260 g/mol. The van der Waals surface area contributed by atoms with Crippen molar-refractivity contribution in [2.75, 3.05) is 9.80 Å². The first-order chi connectivity index (χ1) is 53.2. The van der Waals surface area contributed by atoms with Gasteiger partial charge in [0.1, 0.15) is 0 Å². The highest BCUT2D eigenvalue weighted by molar-refractivity contribution is 6.16. The van der Waals surface area contributed by atoms with Gasteiger partial charge in [-0.25, -0.2) is 0 Å². The van der Waals surface area contributed by atoms with E-state index < -0.39 is 108 Å². The molecular formula is C91H74N4O. The molecule has 1 unspecified atom stereocenters. The summed E-state index contributed by atoms with van der Waals surface area (Å²) in [7, 11) is 0. The number of aromatic nitrogens is 2. The van der Waals surface area contributed by atoms with Crippen molar-refractivity contribution in [1.82, 2.24) is 9.13 Å². The van der Waals surface area contributed by atoms with E-state index in [1.54, 1.807) is 16.7 Å². The van der Waals surface area contributed by atoms with Crippen molar-refractivity contribution in [3.05, 3.63) is 312 Å². The highest BCUT2D eigenvalue weighted by Crippen LogP contribution is 2.63. The van der Waals surface area contributed by atoms with Crippen LogP contribution in [0.25, 0.3) is 110 Å².